The first kappa shape index (κ1) is 13.3. The smallest absolute Gasteiger partial charge is 0.128 e. The summed E-state index contributed by atoms with van der Waals surface area (Å²) in [7, 11) is 0. The van der Waals surface area contributed by atoms with Gasteiger partial charge in [-0.25, -0.2) is 0 Å². The van der Waals surface area contributed by atoms with Crippen molar-refractivity contribution in [1.29, 1.82) is 0 Å². The van der Waals surface area contributed by atoms with Crippen LogP contribution in [0.15, 0.2) is 41.3 Å². The lowest BCUT2D eigenvalue weighted by atomic mass is 10.1. The first-order chi connectivity index (χ1) is 8.60. The molecule has 0 fully saturated rings. The minimum Gasteiger partial charge on any atom is -0.457 e. The van der Waals surface area contributed by atoms with Gasteiger partial charge in [0.1, 0.15) is 11.5 Å². The molecule has 0 saturated heterocycles. The number of rotatable bonds is 3. The molecule has 0 saturated carbocycles. The van der Waals surface area contributed by atoms with Gasteiger partial charge >= 0.3 is 0 Å². The molecule has 18 heavy (non-hydrogen) atoms. The Balaban J connectivity index is 2.23. The summed E-state index contributed by atoms with van der Waals surface area (Å²) < 4.78 is 5.83. The van der Waals surface area contributed by atoms with Gasteiger partial charge in [-0.1, -0.05) is 11.6 Å². The van der Waals surface area contributed by atoms with E-state index in [0.29, 0.717) is 0 Å². The molecule has 94 valence electrons. The molecule has 0 N–H and O–H groups in total. The van der Waals surface area contributed by atoms with Crippen molar-refractivity contribution >= 4 is 23.4 Å². The fraction of sp³-hybridized carbons (Fsp3) is 0.200. The van der Waals surface area contributed by atoms with Crippen LogP contribution in [0.2, 0.25) is 5.02 Å². The topological polar surface area (TPSA) is 9.23 Å². The Morgan fingerprint density at radius 1 is 0.944 bits per heavy atom. The second-order valence-corrected chi connectivity index (χ2v) is 5.41. The van der Waals surface area contributed by atoms with Gasteiger partial charge in [0.15, 0.2) is 0 Å². The molecule has 2 rings (SSSR count). The minimum atomic E-state index is 0.806. The Labute approximate surface area is 117 Å². The fourth-order valence-electron chi connectivity index (χ4n) is 1.74. The highest BCUT2D eigenvalue weighted by Crippen LogP contribution is 2.29. The standard InChI is InChI=1S/C15H15ClOS/c1-10-8-13(9-11(2)15(10)16)17-12-4-6-14(18-3)7-5-12/h4-9H,1-3H3. The minimum absolute atomic E-state index is 0.806. The van der Waals surface area contributed by atoms with E-state index in [1.54, 1.807) is 11.8 Å². The van der Waals surface area contributed by atoms with Crippen molar-refractivity contribution in [3.8, 4) is 11.5 Å². The van der Waals surface area contributed by atoms with Crippen LogP contribution in [0.5, 0.6) is 11.5 Å². The van der Waals surface area contributed by atoms with Gasteiger partial charge in [0.25, 0.3) is 0 Å². The Morgan fingerprint density at radius 3 is 2.00 bits per heavy atom. The Hall–Kier alpha value is -1.12. The summed E-state index contributed by atoms with van der Waals surface area (Å²) in [5, 5.41) is 0.806. The third-order valence-corrected chi connectivity index (χ3v) is 4.04. The molecule has 0 aliphatic rings. The summed E-state index contributed by atoms with van der Waals surface area (Å²) in [5.41, 5.74) is 2.07. The summed E-state index contributed by atoms with van der Waals surface area (Å²) in [6.07, 6.45) is 2.06. The fourth-order valence-corrected chi connectivity index (χ4v) is 2.26. The lowest BCUT2D eigenvalue weighted by Gasteiger charge is -2.10. The van der Waals surface area contributed by atoms with Crippen LogP contribution in [0.1, 0.15) is 11.1 Å². The highest BCUT2D eigenvalue weighted by molar-refractivity contribution is 7.98. The van der Waals surface area contributed by atoms with Crippen molar-refractivity contribution in [2.24, 2.45) is 0 Å². The van der Waals surface area contributed by atoms with Crippen molar-refractivity contribution in [1.82, 2.24) is 0 Å². The normalized spacial score (nSPS) is 10.4. The van der Waals surface area contributed by atoms with Crippen LogP contribution < -0.4 is 4.74 Å². The molecule has 0 aliphatic heterocycles. The molecule has 0 radical (unpaired) electrons. The molecule has 2 aromatic rings. The van der Waals surface area contributed by atoms with Gasteiger partial charge in [-0.2, -0.15) is 0 Å². The van der Waals surface area contributed by atoms with Crippen LogP contribution in [0, 0.1) is 13.8 Å². The first-order valence-corrected chi connectivity index (χ1v) is 7.29. The Kier molecular flexibility index (Phi) is 4.20. The zero-order chi connectivity index (χ0) is 13.1. The summed E-state index contributed by atoms with van der Waals surface area (Å²) in [4.78, 5) is 1.23. The van der Waals surface area contributed by atoms with Crippen LogP contribution in [-0.4, -0.2) is 6.26 Å². The zero-order valence-corrected chi connectivity index (χ0v) is 12.2. The Bertz CT molecular complexity index is 526. The van der Waals surface area contributed by atoms with E-state index in [1.807, 2.05) is 38.1 Å². The molecule has 0 aliphatic carbocycles. The summed E-state index contributed by atoms with van der Waals surface area (Å²) in [6, 6.07) is 12.0. The van der Waals surface area contributed by atoms with Gasteiger partial charge in [-0.05, 0) is 67.6 Å². The number of benzene rings is 2. The quantitative estimate of drug-likeness (QED) is 0.689. The molecule has 0 amide bonds. The van der Waals surface area contributed by atoms with Gasteiger partial charge in [-0.15, -0.1) is 11.8 Å². The van der Waals surface area contributed by atoms with Crippen molar-refractivity contribution in [3.63, 3.8) is 0 Å². The highest BCUT2D eigenvalue weighted by Gasteiger charge is 2.04. The monoisotopic (exact) mass is 278 g/mol. The number of halogens is 1. The second kappa shape index (κ2) is 5.68. The summed E-state index contributed by atoms with van der Waals surface area (Å²) >= 11 is 7.85. The largest absolute Gasteiger partial charge is 0.457 e. The van der Waals surface area contributed by atoms with E-state index in [1.165, 1.54) is 4.90 Å². The molecule has 3 heteroatoms. The third kappa shape index (κ3) is 3.01. The maximum Gasteiger partial charge on any atom is 0.128 e. The lowest BCUT2D eigenvalue weighted by Crippen LogP contribution is -1.88. The van der Waals surface area contributed by atoms with Crippen molar-refractivity contribution in [2.75, 3.05) is 6.26 Å². The SMILES string of the molecule is CSc1ccc(Oc2cc(C)c(Cl)c(C)c2)cc1. The van der Waals surface area contributed by atoms with E-state index >= 15 is 0 Å². The molecule has 1 nitrogen and oxygen atoms in total. The maximum absolute atomic E-state index is 6.13. The number of hydrogen-bond donors (Lipinski definition) is 0. The van der Waals surface area contributed by atoms with Gasteiger partial charge in [0.2, 0.25) is 0 Å². The number of aryl methyl sites for hydroxylation is 2. The van der Waals surface area contributed by atoms with Gasteiger partial charge in [-0.3, -0.25) is 0 Å². The molecule has 0 bridgehead atoms. The highest BCUT2D eigenvalue weighted by atomic mass is 35.5. The zero-order valence-electron chi connectivity index (χ0n) is 10.7. The Morgan fingerprint density at radius 2 is 1.50 bits per heavy atom. The van der Waals surface area contributed by atoms with Crippen LogP contribution in [0.25, 0.3) is 0 Å². The number of hydrogen-bond acceptors (Lipinski definition) is 2. The van der Waals surface area contributed by atoms with Crippen molar-refractivity contribution in [3.05, 3.63) is 52.5 Å². The van der Waals surface area contributed by atoms with E-state index in [4.69, 9.17) is 16.3 Å². The van der Waals surface area contributed by atoms with Crippen LogP contribution >= 0.6 is 23.4 Å². The molecular weight excluding hydrogens is 264 g/mol. The molecule has 0 spiro atoms. The predicted octanol–water partition coefficient (Wildman–Crippen LogP) is 5.47. The maximum atomic E-state index is 6.13. The average molecular weight is 279 g/mol. The van der Waals surface area contributed by atoms with Crippen molar-refractivity contribution < 1.29 is 4.74 Å². The van der Waals surface area contributed by atoms with Crippen LogP contribution in [0.4, 0.5) is 0 Å². The van der Waals surface area contributed by atoms with Crippen LogP contribution in [-0.2, 0) is 0 Å². The average Bonchev–Trinajstić information content (AvgIpc) is 2.37. The van der Waals surface area contributed by atoms with E-state index in [2.05, 4.69) is 18.4 Å². The molecule has 0 aromatic heterocycles. The third-order valence-electron chi connectivity index (χ3n) is 2.71. The predicted molar refractivity (Wildman–Crippen MR) is 79.2 cm³/mol. The molecular formula is C15H15ClOS. The van der Waals surface area contributed by atoms with Gasteiger partial charge < -0.3 is 4.74 Å². The summed E-state index contributed by atoms with van der Waals surface area (Å²) in [5.74, 6) is 1.67. The summed E-state index contributed by atoms with van der Waals surface area (Å²) in [6.45, 7) is 3.97. The molecule has 0 heterocycles. The molecule has 2 aromatic carbocycles. The van der Waals surface area contributed by atoms with E-state index < -0.39 is 0 Å². The van der Waals surface area contributed by atoms with Gasteiger partial charge in [0, 0.05) is 9.92 Å². The van der Waals surface area contributed by atoms with E-state index in [9.17, 15) is 0 Å². The second-order valence-electron chi connectivity index (χ2n) is 4.15. The molecule has 0 unspecified atom stereocenters. The van der Waals surface area contributed by atoms with E-state index in [0.717, 1.165) is 27.6 Å². The van der Waals surface area contributed by atoms with Crippen molar-refractivity contribution in [2.45, 2.75) is 18.7 Å². The van der Waals surface area contributed by atoms with E-state index in [-0.39, 0.29) is 0 Å². The molecule has 0 atom stereocenters. The lowest BCUT2D eigenvalue weighted by molar-refractivity contribution is 0.481. The number of thioether (sulfide) groups is 1. The van der Waals surface area contributed by atoms with Crippen LogP contribution in [0.3, 0.4) is 0 Å². The van der Waals surface area contributed by atoms with Gasteiger partial charge in [0.05, 0.1) is 0 Å². The first-order valence-electron chi connectivity index (χ1n) is 5.69. The number of ether oxygens (including phenoxy) is 1.